The van der Waals surface area contributed by atoms with Crippen molar-refractivity contribution in [1.29, 1.82) is 5.26 Å². The molecular formula is C22H18N2O2. The molecule has 0 saturated carbocycles. The van der Waals surface area contributed by atoms with E-state index in [4.69, 9.17) is 10.00 Å². The number of amides is 1. The molecule has 0 heterocycles. The fraction of sp³-hybridized carbons (Fsp3) is 0.0909. The third-order valence-electron chi connectivity index (χ3n) is 3.86. The normalized spacial score (nSPS) is 9.96. The van der Waals surface area contributed by atoms with Crippen molar-refractivity contribution in [3.05, 3.63) is 84.4 Å². The van der Waals surface area contributed by atoms with Crippen LogP contribution in [-0.4, -0.2) is 12.5 Å². The number of rotatable bonds is 6. The zero-order valence-corrected chi connectivity index (χ0v) is 14.2. The van der Waals surface area contributed by atoms with Crippen LogP contribution in [0.4, 0.5) is 5.69 Å². The van der Waals surface area contributed by atoms with E-state index in [0.717, 1.165) is 16.9 Å². The molecule has 0 saturated heterocycles. The summed E-state index contributed by atoms with van der Waals surface area (Å²) in [6.45, 7) is 0.284. The topological polar surface area (TPSA) is 62.1 Å². The summed E-state index contributed by atoms with van der Waals surface area (Å²) in [5, 5.41) is 11.6. The number of nitriles is 1. The predicted molar refractivity (Wildman–Crippen MR) is 102 cm³/mol. The highest BCUT2D eigenvalue weighted by Crippen LogP contribution is 2.29. The fourth-order valence-electron chi connectivity index (χ4n) is 2.55. The monoisotopic (exact) mass is 342 g/mol. The van der Waals surface area contributed by atoms with Crippen molar-refractivity contribution in [2.45, 2.75) is 6.42 Å². The van der Waals surface area contributed by atoms with Crippen LogP contribution in [0, 0.1) is 11.3 Å². The Labute approximate surface area is 152 Å². The number of ether oxygens (including phenoxy) is 1. The first-order valence-electron chi connectivity index (χ1n) is 8.33. The molecule has 26 heavy (non-hydrogen) atoms. The van der Waals surface area contributed by atoms with E-state index in [1.807, 2.05) is 60.7 Å². The summed E-state index contributed by atoms with van der Waals surface area (Å²) in [5.41, 5.74) is 3.30. The first kappa shape index (κ1) is 17.2. The number of benzene rings is 3. The van der Waals surface area contributed by atoms with Gasteiger partial charge >= 0.3 is 0 Å². The van der Waals surface area contributed by atoms with Crippen molar-refractivity contribution < 1.29 is 9.53 Å². The molecule has 0 atom stereocenters. The Balaban J connectivity index is 1.56. The van der Waals surface area contributed by atoms with Gasteiger partial charge in [-0.3, -0.25) is 4.79 Å². The number of nitrogens with one attached hydrogen (secondary N) is 1. The van der Waals surface area contributed by atoms with Crippen molar-refractivity contribution in [1.82, 2.24) is 0 Å². The van der Waals surface area contributed by atoms with Crippen LogP contribution in [-0.2, 0) is 4.79 Å². The van der Waals surface area contributed by atoms with E-state index in [1.54, 1.807) is 24.3 Å². The number of nitrogens with zero attached hydrogens (tertiary/aromatic N) is 1. The lowest BCUT2D eigenvalue weighted by molar-refractivity contribution is -0.116. The Morgan fingerprint density at radius 1 is 0.923 bits per heavy atom. The SMILES string of the molecule is N#Cc1ccc(NC(=O)CCOc2ccccc2-c2ccccc2)cc1. The number of carbonyl (C=O) groups excluding carboxylic acids is 1. The highest BCUT2D eigenvalue weighted by Gasteiger charge is 2.07. The standard InChI is InChI=1S/C22H18N2O2/c23-16-17-10-12-19(13-11-17)24-22(25)14-15-26-21-9-5-4-8-20(21)18-6-2-1-3-7-18/h1-13H,14-15H2,(H,24,25). The zero-order chi connectivity index (χ0) is 18.2. The van der Waals surface area contributed by atoms with Crippen LogP contribution in [0.25, 0.3) is 11.1 Å². The summed E-state index contributed by atoms with van der Waals surface area (Å²) in [5.74, 6) is 0.622. The second-order valence-corrected chi connectivity index (χ2v) is 5.70. The van der Waals surface area contributed by atoms with Gasteiger partial charge in [-0.2, -0.15) is 5.26 Å². The van der Waals surface area contributed by atoms with Crippen LogP contribution in [0.15, 0.2) is 78.9 Å². The van der Waals surface area contributed by atoms with Crippen molar-refractivity contribution in [3.8, 4) is 22.9 Å². The highest BCUT2D eigenvalue weighted by atomic mass is 16.5. The summed E-state index contributed by atoms with van der Waals surface area (Å²) in [7, 11) is 0. The molecule has 3 rings (SSSR count). The minimum Gasteiger partial charge on any atom is -0.492 e. The lowest BCUT2D eigenvalue weighted by Gasteiger charge is -2.12. The van der Waals surface area contributed by atoms with Gasteiger partial charge in [0.1, 0.15) is 5.75 Å². The van der Waals surface area contributed by atoms with Crippen molar-refractivity contribution >= 4 is 11.6 Å². The Morgan fingerprint density at radius 3 is 2.35 bits per heavy atom. The molecule has 3 aromatic rings. The van der Waals surface area contributed by atoms with Gasteiger partial charge in [0, 0.05) is 11.3 Å². The maximum absolute atomic E-state index is 12.1. The first-order valence-corrected chi connectivity index (χ1v) is 8.33. The molecule has 3 aromatic carbocycles. The number of hydrogen-bond donors (Lipinski definition) is 1. The lowest BCUT2D eigenvalue weighted by Crippen LogP contribution is -2.15. The summed E-state index contributed by atoms with van der Waals surface area (Å²) in [6.07, 6.45) is 0.239. The molecule has 0 aliphatic heterocycles. The molecule has 1 amide bonds. The molecule has 0 radical (unpaired) electrons. The van der Waals surface area contributed by atoms with Gasteiger partial charge in [0.2, 0.25) is 5.91 Å². The van der Waals surface area contributed by atoms with Gasteiger partial charge in [0.15, 0.2) is 0 Å². The zero-order valence-electron chi connectivity index (χ0n) is 14.2. The van der Waals surface area contributed by atoms with Crippen LogP contribution in [0.3, 0.4) is 0 Å². The Morgan fingerprint density at radius 2 is 1.62 bits per heavy atom. The average Bonchev–Trinajstić information content (AvgIpc) is 2.69. The van der Waals surface area contributed by atoms with Gasteiger partial charge in [0.05, 0.1) is 24.7 Å². The quantitative estimate of drug-likeness (QED) is 0.710. The predicted octanol–water partition coefficient (Wildman–Crippen LogP) is 4.63. The van der Waals surface area contributed by atoms with E-state index in [9.17, 15) is 4.79 Å². The molecule has 4 nitrogen and oxygen atoms in total. The summed E-state index contributed by atoms with van der Waals surface area (Å²) < 4.78 is 5.83. The third kappa shape index (κ3) is 4.49. The van der Waals surface area contributed by atoms with Gasteiger partial charge < -0.3 is 10.1 Å². The molecule has 0 unspecified atom stereocenters. The molecule has 0 bridgehead atoms. The molecule has 0 fully saturated rings. The van der Waals surface area contributed by atoms with Crippen molar-refractivity contribution in [2.24, 2.45) is 0 Å². The summed E-state index contributed by atoms with van der Waals surface area (Å²) >= 11 is 0. The molecule has 0 spiro atoms. The molecular weight excluding hydrogens is 324 g/mol. The number of hydrogen-bond acceptors (Lipinski definition) is 3. The van der Waals surface area contributed by atoms with Crippen molar-refractivity contribution in [2.75, 3.05) is 11.9 Å². The van der Waals surface area contributed by atoms with E-state index in [-0.39, 0.29) is 18.9 Å². The van der Waals surface area contributed by atoms with E-state index in [1.165, 1.54) is 0 Å². The molecule has 1 N–H and O–H groups in total. The Bertz CT molecular complexity index is 913. The minimum atomic E-state index is -0.133. The van der Waals surface area contributed by atoms with E-state index >= 15 is 0 Å². The Kier molecular flexibility index (Phi) is 5.64. The number of para-hydroxylation sites is 1. The number of anilines is 1. The van der Waals surface area contributed by atoms with Crippen molar-refractivity contribution in [3.63, 3.8) is 0 Å². The molecule has 4 heteroatoms. The summed E-state index contributed by atoms with van der Waals surface area (Å²) in [4.78, 5) is 12.1. The van der Waals surface area contributed by atoms with Gasteiger partial charge in [-0.1, -0.05) is 48.5 Å². The minimum absolute atomic E-state index is 0.133. The second kappa shape index (κ2) is 8.50. The molecule has 128 valence electrons. The van der Waals surface area contributed by atoms with Crippen LogP contribution in [0.5, 0.6) is 5.75 Å². The van der Waals surface area contributed by atoms with Crippen LogP contribution in [0.2, 0.25) is 0 Å². The third-order valence-corrected chi connectivity index (χ3v) is 3.86. The second-order valence-electron chi connectivity index (χ2n) is 5.70. The van der Waals surface area contributed by atoms with E-state index in [2.05, 4.69) is 5.32 Å². The highest BCUT2D eigenvalue weighted by molar-refractivity contribution is 5.90. The van der Waals surface area contributed by atoms with Gasteiger partial charge in [-0.25, -0.2) is 0 Å². The molecule has 0 aromatic heterocycles. The van der Waals surface area contributed by atoms with Crippen LogP contribution < -0.4 is 10.1 Å². The maximum Gasteiger partial charge on any atom is 0.227 e. The number of carbonyl (C=O) groups is 1. The van der Waals surface area contributed by atoms with Crippen LogP contribution in [0.1, 0.15) is 12.0 Å². The van der Waals surface area contributed by atoms with E-state index in [0.29, 0.717) is 11.3 Å². The average molecular weight is 342 g/mol. The first-order chi connectivity index (χ1) is 12.8. The molecule has 0 aliphatic carbocycles. The lowest BCUT2D eigenvalue weighted by atomic mass is 10.1. The summed E-state index contributed by atoms with van der Waals surface area (Å²) in [6, 6.07) is 26.6. The Hall–Kier alpha value is -3.58. The maximum atomic E-state index is 12.1. The smallest absolute Gasteiger partial charge is 0.227 e. The molecule has 0 aliphatic rings. The fourth-order valence-corrected chi connectivity index (χ4v) is 2.55. The largest absolute Gasteiger partial charge is 0.492 e. The van der Waals surface area contributed by atoms with Gasteiger partial charge in [0.25, 0.3) is 0 Å². The van der Waals surface area contributed by atoms with Gasteiger partial charge in [-0.05, 0) is 35.9 Å². The van der Waals surface area contributed by atoms with E-state index < -0.39 is 0 Å². The van der Waals surface area contributed by atoms with Gasteiger partial charge in [-0.15, -0.1) is 0 Å². The van der Waals surface area contributed by atoms with Crippen LogP contribution >= 0.6 is 0 Å².